The number of hydrogen-bond acceptors (Lipinski definition) is 3. The fraction of sp³-hybridized carbons (Fsp3) is 0.370. The molecule has 0 bridgehead atoms. The lowest BCUT2D eigenvalue weighted by Gasteiger charge is -2.44. The summed E-state index contributed by atoms with van der Waals surface area (Å²) in [6, 6.07) is 10.8. The Morgan fingerprint density at radius 2 is 1.94 bits per heavy atom. The summed E-state index contributed by atoms with van der Waals surface area (Å²) in [7, 11) is 1.30. The largest absolute Gasteiger partial charge is 0.494 e. The van der Waals surface area contributed by atoms with E-state index in [1.807, 2.05) is 10.9 Å². The molecule has 5 rings (SSSR count). The third kappa shape index (κ3) is 3.66. The molecule has 1 saturated carbocycles. The van der Waals surface area contributed by atoms with Gasteiger partial charge in [-0.1, -0.05) is 23.3 Å². The third-order valence-electron chi connectivity index (χ3n) is 7.39. The number of ether oxygens (including phenoxy) is 1. The van der Waals surface area contributed by atoms with Gasteiger partial charge in [0.25, 0.3) is 0 Å². The maximum atomic E-state index is 14.3. The molecular formula is C27H28F2N2O2. The topological polar surface area (TPSA) is 47.3 Å². The summed E-state index contributed by atoms with van der Waals surface area (Å²) >= 11 is 0. The SMILES string of the molecule is COc1cc([C@](C)(O)[C@H]2CCCC3=Cc4c(cnn4-c4ccc(C)cc4)CC32)cc(F)c1F. The highest BCUT2D eigenvalue weighted by Crippen LogP contribution is 2.49. The molecule has 3 aromatic rings. The van der Waals surface area contributed by atoms with Gasteiger partial charge in [-0.25, -0.2) is 9.07 Å². The Labute approximate surface area is 192 Å². The summed E-state index contributed by atoms with van der Waals surface area (Å²) in [5.74, 6) is -2.27. The Morgan fingerprint density at radius 3 is 2.67 bits per heavy atom. The highest BCUT2D eigenvalue weighted by molar-refractivity contribution is 5.60. The van der Waals surface area contributed by atoms with E-state index in [0.29, 0.717) is 5.56 Å². The van der Waals surface area contributed by atoms with Gasteiger partial charge < -0.3 is 9.84 Å². The number of benzene rings is 2. The number of fused-ring (bicyclic) bond motifs is 2. The molecule has 2 aromatic carbocycles. The predicted molar refractivity (Wildman–Crippen MR) is 123 cm³/mol. The molecule has 0 saturated heterocycles. The first kappa shape index (κ1) is 21.8. The van der Waals surface area contributed by atoms with Crippen molar-refractivity contribution in [3.63, 3.8) is 0 Å². The zero-order chi connectivity index (χ0) is 23.3. The van der Waals surface area contributed by atoms with Gasteiger partial charge in [-0.3, -0.25) is 0 Å². The van der Waals surface area contributed by atoms with Gasteiger partial charge in [0.1, 0.15) is 0 Å². The van der Waals surface area contributed by atoms with Crippen molar-refractivity contribution >= 4 is 6.08 Å². The molecule has 0 radical (unpaired) electrons. The smallest absolute Gasteiger partial charge is 0.200 e. The van der Waals surface area contributed by atoms with E-state index in [1.54, 1.807) is 6.92 Å². The number of hydrogen-bond donors (Lipinski definition) is 1. The summed E-state index contributed by atoms with van der Waals surface area (Å²) in [6.07, 6.45) is 7.56. The molecule has 1 unspecified atom stereocenters. The van der Waals surface area contributed by atoms with Crippen molar-refractivity contribution in [2.45, 2.75) is 45.1 Å². The highest BCUT2D eigenvalue weighted by Gasteiger charge is 2.44. The Morgan fingerprint density at radius 1 is 1.18 bits per heavy atom. The summed E-state index contributed by atoms with van der Waals surface area (Å²) in [5, 5.41) is 16.3. The third-order valence-corrected chi connectivity index (χ3v) is 7.39. The van der Waals surface area contributed by atoms with Crippen LogP contribution in [-0.4, -0.2) is 22.0 Å². The molecule has 3 atom stereocenters. The first-order valence-electron chi connectivity index (χ1n) is 11.4. The number of aliphatic hydroxyl groups is 1. The van der Waals surface area contributed by atoms with E-state index in [1.165, 1.54) is 24.3 Å². The normalized spacial score (nSPS) is 21.6. The van der Waals surface area contributed by atoms with Crippen molar-refractivity contribution in [2.75, 3.05) is 7.11 Å². The Hall–Kier alpha value is -2.99. The number of rotatable bonds is 4. The minimum atomic E-state index is -1.34. The fourth-order valence-corrected chi connectivity index (χ4v) is 5.52. The van der Waals surface area contributed by atoms with Crippen LogP contribution in [0.15, 0.2) is 48.2 Å². The van der Waals surface area contributed by atoms with E-state index in [-0.39, 0.29) is 17.6 Å². The van der Waals surface area contributed by atoms with Crippen LogP contribution in [0, 0.1) is 30.4 Å². The van der Waals surface area contributed by atoms with Gasteiger partial charge in [0.2, 0.25) is 5.82 Å². The summed E-state index contributed by atoms with van der Waals surface area (Å²) in [5.41, 5.74) is 4.72. The molecule has 1 fully saturated rings. The van der Waals surface area contributed by atoms with Crippen molar-refractivity contribution in [1.82, 2.24) is 9.78 Å². The molecule has 0 amide bonds. The van der Waals surface area contributed by atoms with E-state index in [2.05, 4.69) is 42.4 Å². The summed E-state index contributed by atoms with van der Waals surface area (Å²) in [6.45, 7) is 3.77. The molecule has 33 heavy (non-hydrogen) atoms. The maximum absolute atomic E-state index is 14.3. The van der Waals surface area contributed by atoms with E-state index in [4.69, 9.17) is 4.74 Å². The Bertz CT molecular complexity index is 1230. The molecule has 0 aliphatic heterocycles. The van der Waals surface area contributed by atoms with Gasteiger partial charge in [0.15, 0.2) is 11.6 Å². The lowest BCUT2D eigenvalue weighted by molar-refractivity contribution is -0.0370. The van der Waals surface area contributed by atoms with E-state index in [9.17, 15) is 13.9 Å². The number of halogens is 2. The van der Waals surface area contributed by atoms with Crippen LogP contribution >= 0.6 is 0 Å². The Kier molecular flexibility index (Phi) is 5.36. The van der Waals surface area contributed by atoms with Gasteiger partial charge in [0.05, 0.1) is 30.3 Å². The van der Waals surface area contributed by atoms with Crippen LogP contribution in [0.3, 0.4) is 0 Å². The van der Waals surface area contributed by atoms with Crippen LogP contribution in [0.1, 0.15) is 48.6 Å². The fourth-order valence-electron chi connectivity index (χ4n) is 5.52. The summed E-state index contributed by atoms with van der Waals surface area (Å²) in [4.78, 5) is 0. The van der Waals surface area contributed by atoms with Crippen LogP contribution in [0.4, 0.5) is 8.78 Å². The van der Waals surface area contributed by atoms with Crippen LogP contribution in [0.2, 0.25) is 0 Å². The van der Waals surface area contributed by atoms with Crippen molar-refractivity contribution in [1.29, 1.82) is 0 Å². The molecule has 0 spiro atoms. The monoisotopic (exact) mass is 450 g/mol. The van der Waals surface area contributed by atoms with Crippen molar-refractivity contribution < 1.29 is 18.6 Å². The molecule has 6 heteroatoms. The zero-order valence-electron chi connectivity index (χ0n) is 19.1. The zero-order valence-corrected chi connectivity index (χ0v) is 19.1. The highest BCUT2D eigenvalue weighted by atomic mass is 19.2. The number of nitrogens with zero attached hydrogens (tertiary/aromatic N) is 2. The number of aryl methyl sites for hydroxylation is 1. The minimum Gasteiger partial charge on any atom is -0.494 e. The van der Waals surface area contributed by atoms with Gasteiger partial charge >= 0.3 is 0 Å². The minimum absolute atomic E-state index is 0.107. The molecular weight excluding hydrogens is 422 g/mol. The van der Waals surface area contributed by atoms with Gasteiger partial charge in [0, 0.05) is 0 Å². The van der Waals surface area contributed by atoms with Crippen LogP contribution in [-0.2, 0) is 12.0 Å². The number of allylic oxidation sites excluding steroid dienone is 1. The van der Waals surface area contributed by atoms with Crippen LogP contribution in [0.5, 0.6) is 5.75 Å². The van der Waals surface area contributed by atoms with E-state index >= 15 is 0 Å². The average Bonchev–Trinajstić information content (AvgIpc) is 3.22. The molecule has 1 N–H and O–H groups in total. The van der Waals surface area contributed by atoms with Gasteiger partial charge in [-0.2, -0.15) is 9.49 Å². The summed E-state index contributed by atoms with van der Waals surface area (Å²) < 4.78 is 35.2. The van der Waals surface area contributed by atoms with Gasteiger partial charge in [-0.05, 0) is 92.8 Å². The predicted octanol–water partition coefficient (Wildman–Crippen LogP) is 5.73. The Balaban J connectivity index is 1.51. The lowest BCUT2D eigenvalue weighted by Crippen LogP contribution is -2.41. The molecule has 2 aliphatic rings. The second-order valence-corrected chi connectivity index (χ2v) is 9.45. The molecule has 1 aromatic heterocycles. The number of methoxy groups -OCH3 is 1. The van der Waals surface area contributed by atoms with Crippen LogP contribution in [0.25, 0.3) is 11.8 Å². The second kappa shape index (κ2) is 8.10. The molecule has 1 heterocycles. The average molecular weight is 451 g/mol. The van der Waals surface area contributed by atoms with Crippen LogP contribution < -0.4 is 4.74 Å². The van der Waals surface area contributed by atoms with E-state index in [0.717, 1.165) is 48.7 Å². The number of aromatic nitrogens is 2. The molecule has 4 nitrogen and oxygen atoms in total. The first-order valence-corrected chi connectivity index (χ1v) is 11.4. The quantitative estimate of drug-likeness (QED) is 0.552. The second-order valence-electron chi connectivity index (χ2n) is 9.45. The molecule has 172 valence electrons. The first-order chi connectivity index (χ1) is 15.8. The standard InChI is InChI=1S/C27H28F2N2O2/c1-16-7-9-20(10-8-16)31-24-12-17-5-4-6-22(21(17)11-18(24)15-30-31)27(2,32)19-13-23(28)26(29)25(14-19)33-3/h7-10,12-15,21-22,32H,4-6,11H2,1-3H3/t21?,22-,27-/m0/s1. The maximum Gasteiger partial charge on any atom is 0.200 e. The molecule has 2 aliphatic carbocycles. The van der Waals surface area contributed by atoms with Crippen molar-refractivity contribution in [3.05, 3.63) is 82.2 Å². The van der Waals surface area contributed by atoms with Crippen molar-refractivity contribution in [3.8, 4) is 11.4 Å². The van der Waals surface area contributed by atoms with E-state index < -0.39 is 17.2 Å². The lowest BCUT2D eigenvalue weighted by atomic mass is 9.63. The van der Waals surface area contributed by atoms with Crippen molar-refractivity contribution in [2.24, 2.45) is 11.8 Å². The van der Waals surface area contributed by atoms with Gasteiger partial charge in [-0.15, -0.1) is 0 Å².